The Labute approximate surface area is 132 Å². The second-order valence-electron chi connectivity index (χ2n) is 5.19. The maximum Gasteiger partial charge on any atom is 0.407 e. The number of amides is 2. The van der Waals surface area contributed by atoms with Crippen LogP contribution in [-0.2, 0) is 4.74 Å². The average Bonchev–Trinajstić information content (AvgIpc) is 2.33. The van der Waals surface area contributed by atoms with Crippen molar-refractivity contribution in [3.8, 4) is 0 Å². The maximum absolute atomic E-state index is 11.8. The Hall–Kier alpha value is -1.31. The molecule has 0 radical (unpaired) electrons. The van der Waals surface area contributed by atoms with Crippen molar-refractivity contribution in [3.63, 3.8) is 0 Å². The SMILES string of the molecule is CC(C)(C)OC(=O)NCCNC(=O)c1ccc(I)cc1. The van der Waals surface area contributed by atoms with Crippen molar-refractivity contribution in [3.05, 3.63) is 33.4 Å². The van der Waals surface area contributed by atoms with Gasteiger partial charge in [0.25, 0.3) is 5.91 Å². The summed E-state index contributed by atoms with van der Waals surface area (Å²) < 4.78 is 6.15. The molecule has 0 aliphatic carbocycles. The zero-order chi connectivity index (χ0) is 15.2. The first-order chi connectivity index (χ1) is 9.28. The Morgan fingerprint density at radius 3 is 2.20 bits per heavy atom. The number of benzene rings is 1. The molecule has 110 valence electrons. The van der Waals surface area contributed by atoms with Gasteiger partial charge in [-0.15, -0.1) is 0 Å². The number of carbonyl (C=O) groups is 2. The van der Waals surface area contributed by atoms with Gasteiger partial charge in [0.05, 0.1) is 0 Å². The fourth-order valence-corrected chi connectivity index (χ4v) is 1.72. The van der Waals surface area contributed by atoms with E-state index in [4.69, 9.17) is 4.74 Å². The predicted octanol–water partition coefficient (Wildman–Crippen LogP) is 2.55. The van der Waals surface area contributed by atoms with Crippen molar-refractivity contribution < 1.29 is 14.3 Å². The van der Waals surface area contributed by atoms with Crippen LogP contribution >= 0.6 is 22.6 Å². The van der Waals surface area contributed by atoms with Gasteiger partial charge in [-0.25, -0.2) is 4.79 Å². The van der Waals surface area contributed by atoms with Gasteiger partial charge >= 0.3 is 6.09 Å². The Morgan fingerprint density at radius 2 is 1.65 bits per heavy atom. The van der Waals surface area contributed by atoms with E-state index in [2.05, 4.69) is 33.2 Å². The van der Waals surface area contributed by atoms with Crippen LogP contribution in [0.25, 0.3) is 0 Å². The number of hydrogen-bond acceptors (Lipinski definition) is 3. The molecule has 0 aromatic heterocycles. The number of carbonyl (C=O) groups excluding carboxylic acids is 2. The number of halogens is 1. The summed E-state index contributed by atoms with van der Waals surface area (Å²) in [5.74, 6) is -0.160. The third-order valence-corrected chi connectivity index (χ3v) is 2.90. The van der Waals surface area contributed by atoms with E-state index in [1.54, 1.807) is 32.9 Å². The predicted molar refractivity (Wildman–Crippen MR) is 85.7 cm³/mol. The molecule has 5 nitrogen and oxygen atoms in total. The smallest absolute Gasteiger partial charge is 0.407 e. The highest BCUT2D eigenvalue weighted by molar-refractivity contribution is 14.1. The molecule has 0 heterocycles. The molecule has 0 atom stereocenters. The van der Waals surface area contributed by atoms with Crippen molar-refractivity contribution in [1.82, 2.24) is 10.6 Å². The summed E-state index contributed by atoms with van der Waals surface area (Å²) in [6, 6.07) is 7.26. The van der Waals surface area contributed by atoms with Gasteiger partial charge in [-0.2, -0.15) is 0 Å². The van der Waals surface area contributed by atoms with Gasteiger partial charge in [-0.05, 0) is 67.6 Å². The van der Waals surface area contributed by atoms with Crippen molar-refractivity contribution in [1.29, 1.82) is 0 Å². The molecule has 0 bridgehead atoms. The second kappa shape index (κ2) is 7.47. The van der Waals surface area contributed by atoms with Crippen molar-refractivity contribution in [2.45, 2.75) is 26.4 Å². The lowest BCUT2D eigenvalue weighted by atomic mass is 10.2. The van der Waals surface area contributed by atoms with E-state index in [1.807, 2.05) is 12.1 Å². The van der Waals surface area contributed by atoms with Gasteiger partial charge in [-0.1, -0.05) is 0 Å². The van der Waals surface area contributed by atoms with Crippen LogP contribution in [0.1, 0.15) is 31.1 Å². The van der Waals surface area contributed by atoms with E-state index in [1.165, 1.54) is 0 Å². The minimum Gasteiger partial charge on any atom is -0.444 e. The number of ether oxygens (including phenoxy) is 1. The maximum atomic E-state index is 11.8. The summed E-state index contributed by atoms with van der Waals surface area (Å²) in [6.45, 7) is 6.07. The third kappa shape index (κ3) is 6.74. The van der Waals surface area contributed by atoms with Gasteiger partial charge in [-0.3, -0.25) is 4.79 Å². The van der Waals surface area contributed by atoms with Crippen LogP contribution in [0, 0.1) is 3.57 Å². The molecule has 0 aliphatic heterocycles. The first-order valence-electron chi connectivity index (χ1n) is 6.28. The average molecular weight is 390 g/mol. The first kappa shape index (κ1) is 16.7. The highest BCUT2D eigenvalue weighted by atomic mass is 127. The lowest BCUT2D eigenvalue weighted by Crippen LogP contribution is -2.37. The van der Waals surface area contributed by atoms with E-state index < -0.39 is 11.7 Å². The normalized spacial score (nSPS) is 10.8. The molecule has 0 saturated carbocycles. The molecule has 2 amide bonds. The van der Waals surface area contributed by atoms with Gasteiger partial charge < -0.3 is 15.4 Å². The Morgan fingerprint density at radius 1 is 1.10 bits per heavy atom. The largest absolute Gasteiger partial charge is 0.444 e. The minimum absolute atomic E-state index is 0.160. The summed E-state index contributed by atoms with van der Waals surface area (Å²) >= 11 is 2.18. The van der Waals surface area contributed by atoms with Gasteiger partial charge in [0, 0.05) is 22.2 Å². The summed E-state index contributed by atoms with van der Waals surface area (Å²) in [5.41, 5.74) is 0.0804. The van der Waals surface area contributed by atoms with E-state index in [0.29, 0.717) is 18.7 Å². The van der Waals surface area contributed by atoms with Crippen LogP contribution < -0.4 is 10.6 Å². The summed E-state index contributed by atoms with van der Waals surface area (Å²) in [5, 5.41) is 5.30. The number of alkyl carbamates (subject to hydrolysis) is 1. The van der Waals surface area contributed by atoms with Gasteiger partial charge in [0.1, 0.15) is 5.60 Å². The highest BCUT2D eigenvalue weighted by Crippen LogP contribution is 2.07. The zero-order valence-corrected chi connectivity index (χ0v) is 14.0. The lowest BCUT2D eigenvalue weighted by molar-refractivity contribution is 0.0526. The topological polar surface area (TPSA) is 67.4 Å². The fraction of sp³-hybridized carbons (Fsp3) is 0.429. The van der Waals surface area contributed by atoms with E-state index in [-0.39, 0.29) is 5.91 Å². The molecule has 0 spiro atoms. The van der Waals surface area contributed by atoms with Crippen LogP contribution in [0.2, 0.25) is 0 Å². The number of rotatable bonds is 4. The number of hydrogen-bond donors (Lipinski definition) is 2. The molecule has 1 aromatic rings. The molecule has 0 saturated heterocycles. The van der Waals surface area contributed by atoms with Crippen LogP contribution in [0.4, 0.5) is 4.79 Å². The van der Waals surface area contributed by atoms with Crippen molar-refractivity contribution in [2.75, 3.05) is 13.1 Å². The van der Waals surface area contributed by atoms with E-state index in [9.17, 15) is 9.59 Å². The second-order valence-corrected chi connectivity index (χ2v) is 6.44. The van der Waals surface area contributed by atoms with Gasteiger partial charge in [0.2, 0.25) is 0 Å². The Balaban J connectivity index is 2.26. The molecule has 20 heavy (non-hydrogen) atoms. The number of nitrogens with one attached hydrogen (secondary N) is 2. The minimum atomic E-state index is -0.519. The van der Waals surface area contributed by atoms with E-state index >= 15 is 0 Å². The van der Waals surface area contributed by atoms with Crippen LogP contribution in [0.15, 0.2) is 24.3 Å². The first-order valence-corrected chi connectivity index (χ1v) is 7.36. The van der Waals surface area contributed by atoms with Crippen LogP contribution in [-0.4, -0.2) is 30.7 Å². The molecule has 0 aliphatic rings. The third-order valence-electron chi connectivity index (χ3n) is 2.19. The van der Waals surface area contributed by atoms with Crippen molar-refractivity contribution in [2.24, 2.45) is 0 Å². The molecule has 0 unspecified atom stereocenters. The summed E-state index contributed by atoms with van der Waals surface area (Å²) in [7, 11) is 0. The van der Waals surface area contributed by atoms with Crippen LogP contribution in [0.3, 0.4) is 0 Å². The lowest BCUT2D eigenvalue weighted by Gasteiger charge is -2.19. The molecule has 6 heteroatoms. The highest BCUT2D eigenvalue weighted by Gasteiger charge is 2.15. The Kier molecular flexibility index (Phi) is 6.25. The van der Waals surface area contributed by atoms with Crippen LogP contribution in [0.5, 0.6) is 0 Å². The molecular formula is C14H19IN2O3. The van der Waals surface area contributed by atoms with Gasteiger partial charge in [0.15, 0.2) is 0 Å². The van der Waals surface area contributed by atoms with E-state index in [0.717, 1.165) is 3.57 Å². The summed E-state index contributed by atoms with van der Waals surface area (Å²) in [4.78, 5) is 23.1. The molecule has 1 aromatic carbocycles. The Bertz CT molecular complexity index is 466. The summed E-state index contributed by atoms with van der Waals surface area (Å²) in [6.07, 6.45) is -0.485. The molecule has 2 N–H and O–H groups in total. The van der Waals surface area contributed by atoms with Crippen molar-refractivity contribution >= 4 is 34.6 Å². The quantitative estimate of drug-likeness (QED) is 0.614. The molecular weight excluding hydrogens is 371 g/mol. The fourth-order valence-electron chi connectivity index (χ4n) is 1.36. The molecule has 0 fully saturated rings. The molecule has 1 rings (SSSR count). The standard InChI is InChI=1S/C14H19IN2O3/c1-14(2,3)20-13(19)17-9-8-16-12(18)10-4-6-11(15)7-5-10/h4-7H,8-9H2,1-3H3,(H,16,18)(H,17,19). The zero-order valence-electron chi connectivity index (χ0n) is 11.8. The monoisotopic (exact) mass is 390 g/mol.